The summed E-state index contributed by atoms with van der Waals surface area (Å²) in [5.74, 6) is -0.986. The molecule has 3 rings (SSSR count). The molecule has 0 bridgehead atoms. The predicted octanol–water partition coefficient (Wildman–Crippen LogP) is 0.639. The van der Waals surface area contributed by atoms with Gasteiger partial charge in [0.2, 0.25) is 17.7 Å². The first-order valence-corrected chi connectivity index (χ1v) is 9.19. The number of nitrogens with two attached hydrogens (primary N) is 1. The zero-order chi connectivity index (χ0) is 18.7. The molecule has 7 heteroatoms. The first kappa shape index (κ1) is 18.2. The third-order valence-corrected chi connectivity index (χ3v) is 5.26. The molecular formula is C19H26N4O3. The predicted molar refractivity (Wildman–Crippen MR) is 98.6 cm³/mol. The molecule has 3 atom stereocenters. The van der Waals surface area contributed by atoms with Gasteiger partial charge in [0, 0.05) is 18.3 Å². The van der Waals surface area contributed by atoms with Crippen LogP contribution >= 0.6 is 0 Å². The molecule has 1 aromatic carbocycles. The fraction of sp³-hybridized carbons (Fsp3) is 0.526. The number of carbonyl (C=O) groups excluding carboxylic acids is 3. The smallest absolute Gasteiger partial charge is 0.242 e. The maximum absolute atomic E-state index is 12.6. The van der Waals surface area contributed by atoms with Crippen LogP contribution < -0.4 is 21.3 Å². The quantitative estimate of drug-likeness (QED) is 0.734. The van der Waals surface area contributed by atoms with Gasteiger partial charge in [0.25, 0.3) is 0 Å². The van der Waals surface area contributed by atoms with E-state index in [-0.39, 0.29) is 36.2 Å². The average Bonchev–Trinajstić information content (AvgIpc) is 2.81. The minimum absolute atomic E-state index is 0.00360. The van der Waals surface area contributed by atoms with Gasteiger partial charge in [-0.3, -0.25) is 14.4 Å². The number of nitrogens with zero attached hydrogens (tertiary/aromatic N) is 1. The van der Waals surface area contributed by atoms with Gasteiger partial charge in [-0.15, -0.1) is 0 Å². The lowest BCUT2D eigenvalue weighted by Crippen LogP contribution is -2.51. The highest BCUT2D eigenvalue weighted by Crippen LogP contribution is 2.37. The van der Waals surface area contributed by atoms with Gasteiger partial charge in [-0.2, -0.15) is 0 Å². The number of fused-ring (bicyclic) bond motifs is 1. The maximum Gasteiger partial charge on any atom is 0.242 e. The summed E-state index contributed by atoms with van der Waals surface area (Å²) in [7, 11) is 0. The van der Waals surface area contributed by atoms with Crippen molar-refractivity contribution in [3.8, 4) is 0 Å². The second-order valence-corrected chi connectivity index (χ2v) is 7.13. The molecule has 7 nitrogen and oxygen atoms in total. The van der Waals surface area contributed by atoms with E-state index in [1.54, 1.807) is 0 Å². The summed E-state index contributed by atoms with van der Waals surface area (Å²) in [5.41, 5.74) is 7.28. The fourth-order valence-corrected chi connectivity index (χ4v) is 3.86. The van der Waals surface area contributed by atoms with Crippen LogP contribution in [0.25, 0.3) is 0 Å². The zero-order valence-electron chi connectivity index (χ0n) is 15.0. The molecule has 0 radical (unpaired) electrons. The van der Waals surface area contributed by atoms with E-state index in [4.69, 9.17) is 5.73 Å². The lowest BCUT2D eigenvalue weighted by Gasteiger charge is -2.39. The second-order valence-electron chi connectivity index (χ2n) is 7.13. The lowest BCUT2D eigenvalue weighted by molar-refractivity contribution is -0.128. The summed E-state index contributed by atoms with van der Waals surface area (Å²) in [4.78, 5) is 38.4. The summed E-state index contributed by atoms with van der Waals surface area (Å²) in [5, 5.41) is 5.68. The van der Waals surface area contributed by atoms with Crippen LogP contribution in [0.15, 0.2) is 24.3 Å². The topological polar surface area (TPSA) is 105 Å². The van der Waals surface area contributed by atoms with E-state index in [1.165, 1.54) is 0 Å². The van der Waals surface area contributed by atoms with Crippen molar-refractivity contribution < 1.29 is 14.4 Å². The van der Waals surface area contributed by atoms with Gasteiger partial charge in [-0.1, -0.05) is 18.2 Å². The summed E-state index contributed by atoms with van der Waals surface area (Å²) in [6.45, 7) is 2.79. The molecule has 1 fully saturated rings. The van der Waals surface area contributed by atoms with Crippen LogP contribution in [0.3, 0.4) is 0 Å². The molecule has 4 N–H and O–H groups in total. The highest BCUT2D eigenvalue weighted by Gasteiger charge is 2.34. The standard InChI is InChI=1S/C19H26N4O3/c1-12-10-14(18(20)25)13-6-2-3-8-16(13)23(12)11-17(24)22-15-7-4-5-9-21-19(15)26/h2-3,6,8,12,14-15H,4-5,7,9-11H2,1H3,(H2,20,25)(H,21,26)(H,22,24)/t12-,14-,15+/m1/s1. The Bertz CT molecular complexity index is 706. The Morgan fingerprint density at radius 1 is 1.31 bits per heavy atom. The number of amides is 3. The van der Waals surface area contributed by atoms with Gasteiger partial charge < -0.3 is 21.3 Å². The average molecular weight is 358 g/mol. The molecule has 2 aliphatic heterocycles. The van der Waals surface area contributed by atoms with E-state index >= 15 is 0 Å². The number of rotatable bonds is 4. The van der Waals surface area contributed by atoms with Crippen molar-refractivity contribution in [2.45, 2.75) is 50.6 Å². The van der Waals surface area contributed by atoms with E-state index in [1.807, 2.05) is 36.1 Å². The van der Waals surface area contributed by atoms with E-state index in [9.17, 15) is 14.4 Å². The van der Waals surface area contributed by atoms with Crippen LogP contribution in [0, 0.1) is 0 Å². The molecular weight excluding hydrogens is 332 g/mol. The summed E-state index contributed by atoms with van der Waals surface area (Å²) < 4.78 is 0. The molecule has 0 unspecified atom stereocenters. The normalized spacial score (nSPS) is 25.7. The summed E-state index contributed by atoms with van der Waals surface area (Å²) in [6, 6.07) is 7.08. The van der Waals surface area contributed by atoms with Crippen LogP contribution in [0.4, 0.5) is 5.69 Å². The highest BCUT2D eigenvalue weighted by atomic mass is 16.2. The lowest BCUT2D eigenvalue weighted by atomic mass is 9.85. The molecule has 0 spiro atoms. The number of carbonyl (C=O) groups is 3. The number of primary amides is 1. The molecule has 1 saturated heterocycles. The summed E-state index contributed by atoms with van der Waals surface area (Å²) in [6.07, 6.45) is 3.08. The monoisotopic (exact) mass is 358 g/mol. The van der Waals surface area contributed by atoms with Crippen molar-refractivity contribution in [2.75, 3.05) is 18.0 Å². The van der Waals surface area contributed by atoms with E-state index in [2.05, 4.69) is 10.6 Å². The van der Waals surface area contributed by atoms with Crippen LogP contribution in [0.2, 0.25) is 0 Å². The number of anilines is 1. The van der Waals surface area contributed by atoms with Crippen molar-refractivity contribution in [2.24, 2.45) is 5.73 Å². The number of hydrogen-bond acceptors (Lipinski definition) is 4. The minimum atomic E-state index is -0.473. The minimum Gasteiger partial charge on any atom is -0.369 e. The molecule has 26 heavy (non-hydrogen) atoms. The molecule has 0 aliphatic carbocycles. The van der Waals surface area contributed by atoms with Crippen LogP contribution in [0.5, 0.6) is 0 Å². The first-order valence-electron chi connectivity index (χ1n) is 9.19. The van der Waals surface area contributed by atoms with Gasteiger partial charge in [-0.05, 0) is 44.2 Å². The fourth-order valence-electron chi connectivity index (χ4n) is 3.86. The van der Waals surface area contributed by atoms with Crippen molar-refractivity contribution in [3.63, 3.8) is 0 Å². The number of benzene rings is 1. The van der Waals surface area contributed by atoms with E-state index < -0.39 is 6.04 Å². The van der Waals surface area contributed by atoms with E-state index in [0.717, 1.165) is 24.1 Å². The van der Waals surface area contributed by atoms with Crippen LogP contribution in [0.1, 0.15) is 44.1 Å². The molecule has 2 aliphatic rings. The SMILES string of the molecule is C[C@@H]1C[C@@H](C(N)=O)c2ccccc2N1CC(=O)N[C@H]1CCCCNC1=O. The number of para-hydroxylation sites is 1. The largest absolute Gasteiger partial charge is 0.369 e. The van der Waals surface area contributed by atoms with Crippen molar-refractivity contribution in [1.82, 2.24) is 10.6 Å². The Labute approximate surface area is 153 Å². The van der Waals surface area contributed by atoms with E-state index in [0.29, 0.717) is 19.4 Å². The highest BCUT2D eigenvalue weighted by molar-refractivity contribution is 5.91. The van der Waals surface area contributed by atoms with Gasteiger partial charge >= 0.3 is 0 Å². The molecule has 0 saturated carbocycles. The van der Waals surface area contributed by atoms with Gasteiger partial charge in [-0.25, -0.2) is 0 Å². The Hall–Kier alpha value is -2.57. The molecule has 140 valence electrons. The third kappa shape index (κ3) is 3.81. The van der Waals surface area contributed by atoms with Gasteiger partial charge in [0.1, 0.15) is 6.04 Å². The van der Waals surface area contributed by atoms with Crippen molar-refractivity contribution in [3.05, 3.63) is 29.8 Å². The second kappa shape index (κ2) is 7.76. The zero-order valence-corrected chi connectivity index (χ0v) is 15.0. The number of hydrogen-bond donors (Lipinski definition) is 3. The Morgan fingerprint density at radius 3 is 2.85 bits per heavy atom. The van der Waals surface area contributed by atoms with Crippen LogP contribution in [-0.2, 0) is 14.4 Å². The summed E-state index contributed by atoms with van der Waals surface area (Å²) >= 11 is 0. The Morgan fingerprint density at radius 2 is 2.08 bits per heavy atom. The van der Waals surface area contributed by atoms with Gasteiger partial charge in [0.15, 0.2) is 0 Å². The first-order chi connectivity index (χ1) is 12.5. The molecule has 1 aromatic rings. The Balaban J connectivity index is 1.74. The maximum atomic E-state index is 12.6. The van der Waals surface area contributed by atoms with Crippen LogP contribution in [-0.4, -0.2) is 42.9 Å². The Kier molecular flexibility index (Phi) is 5.44. The van der Waals surface area contributed by atoms with Gasteiger partial charge in [0.05, 0.1) is 12.5 Å². The van der Waals surface area contributed by atoms with Crippen molar-refractivity contribution >= 4 is 23.4 Å². The third-order valence-electron chi connectivity index (χ3n) is 5.26. The van der Waals surface area contributed by atoms with Crippen molar-refractivity contribution in [1.29, 1.82) is 0 Å². The molecule has 3 amide bonds. The molecule has 2 heterocycles. The molecule has 0 aromatic heterocycles. The number of nitrogens with one attached hydrogen (secondary N) is 2.